The van der Waals surface area contributed by atoms with E-state index in [1.54, 1.807) is 0 Å². The second-order valence-electron chi connectivity index (χ2n) is 3.97. The highest BCUT2D eigenvalue weighted by molar-refractivity contribution is 5.23. The third kappa shape index (κ3) is 1.24. The minimum Gasteiger partial charge on any atom is -0.261 e. The number of aromatic nitrogens is 1. The minimum atomic E-state index is 0.799. The topological polar surface area (TPSA) is 12.9 Å². The predicted octanol–water partition coefficient (Wildman–Crippen LogP) is 2.45. The van der Waals surface area contributed by atoms with Gasteiger partial charge in [0, 0.05) is 11.9 Å². The molecular formula is C11H15N. The van der Waals surface area contributed by atoms with Crippen molar-refractivity contribution in [2.45, 2.75) is 26.7 Å². The van der Waals surface area contributed by atoms with Crippen molar-refractivity contribution in [3.8, 4) is 0 Å². The molecule has 0 saturated heterocycles. The summed E-state index contributed by atoms with van der Waals surface area (Å²) in [5.41, 5.74) is 2.78. The van der Waals surface area contributed by atoms with Crippen LogP contribution in [0.3, 0.4) is 0 Å². The molecule has 0 radical (unpaired) electrons. The fourth-order valence-electron chi connectivity index (χ4n) is 1.90. The molecule has 64 valence electrons. The average Bonchev–Trinajstić information content (AvgIpc) is 2.07. The van der Waals surface area contributed by atoms with Crippen LogP contribution in [0.15, 0.2) is 18.3 Å². The maximum Gasteiger partial charge on any atom is 0.0438 e. The van der Waals surface area contributed by atoms with Crippen molar-refractivity contribution in [3.63, 3.8) is 0 Å². The van der Waals surface area contributed by atoms with Crippen LogP contribution in [0.4, 0.5) is 0 Å². The summed E-state index contributed by atoms with van der Waals surface area (Å²) >= 11 is 0. The molecule has 1 aliphatic rings. The Morgan fingerprint density at radius 2 is 2.00 bits per heavy atom. The first-order chi connectivity index (χ1) is 5.77. The zero-order chi connectivity index (χ0) is 8.55. The van der Waals surface area contributed by atoms with Gasteiger partial charge in [-0.25, -0.2) is 0 Å². The van der Waals surface area contributed by atoms with Crippen molar-refractivity contribution in [2.75, 3.05) is 0 Å². The van der Waals surface area contributed by atoms with E-state index in [0.29, 0.717) is 0 Å². The van der Waals surface area contributed by atoms with E-state index in [2.05, 4.69) is 24.9 Å². The van der Waals surface area contributed by atoms with Crippen LogP contribution in [0, 0.1) is 11.8 Å². The van der Waals surface area contributed by atoms with Gasteiger partial charge in [-0.3, -0.25) is 4.98 Å². The van der Waals surface area contributed by atoms with Crippen LogP contribution >= 0.6 is 0 Å². The third-order valence-corrected chi connectivity index (χ3v) is 3.01. The number of fused-ring (bicyclic) bond motifs is 1. The van der Waals surface area contributed by atoms with Gasteiger partial charge in [0.15, 0.2) is 0 Å². The fourth-order valence-corrected chi connectivity index (χ4v) is 1.90. The van der Waals surface area contributed by atoms with Gasteiger partial charge in [0.25, 0.3) is 0 Å². The molecule has 0 amide bonds. The van der Waals surface area contributed by atoms with E-state index in [0.717, 1.165) is 18.3 Å². The summed E-state index contributed by atoms with van der Waals surface area (Å²) in [4.78, 5) is 4.40. The van der Waals surface area contributed by atoms with Crippen molar-refractivity contribution >= 4 is 0 Å². The molecule has 0 aromatic carbocycles. The summed E-state index contributed by atoms with van der Waals surface area (Å²) in [6.45, 7) is 4.66. The highest BCUT2D eigenvalue weighted by atomic mass is 14.7. The zero-order valence-electron chi connectivity index (χ0n) is 7.75. The molecule has 1 nitrogen and oxygen atoms in total. The smallest absolute Gasteiger partial charge is 0.0438 e. The van der Waals surface area contributed by atoms with Gasteiger partial charge in [0.05, 0.1) is 0 Å². The van der Waals surface area contributed by atoms with E-state index in [-0.39, 0.29) is 0 Å². The maximum absolute atomic E-state index is 4.40. The van der Waals surface area contributed by atoms with E-state index in [9.17, 15) is 0 Å². The first-order valence-corrected chi connectivity index (χ1v) is 4.70. The molecule has 0 aliphatic heterocycles. The Hall–Kier alpha value is -0.850. The lowest BCUT2D eigenvalue weighted by molar-refractivity contribution is 0.356. The SMILES string of the molecule is C[C@H]1Cc2cccnc2C[C@@H]1C. The minimum absolute atomic E-state index is 0.799. The number of pyridine rings is 1. The molecule has 12 heavy (non-hydrogen) atoms. The number of rotatable bonds is 0. The van der Waals surface area contributed by atoms with Crippen LogP contribution in [0.1, 0.15) is 25.1 Å². The van der Waals surface area contributed by atoms with Crippen molar-refractivity contribution < 1.29 is 0 Å². The first kappa shape index (κ1) is 7.78. The summed E-state index contributed by atoms with van der Waals surface area (Å²) in [5.74, 6) is 1.62. The summed E-state index contributed by atoms with van der Waals surface area (Å²) < 4.78 is 0. The molecular weight excluding hydrogens is 146 g/mol. The lowest BCUT2D eigenvalue weighted by Crippen LogP contribution is -2.21. The van der Waals surface area contributed by atoms with Crippen LogP contribution in [0.25, 0.3) is 0 Å². The molecule has 1 heteroatoms. The van der Waals surface area contributed by atoms with Gasteiger partial charge in [0.2, 0.25) is 0 Å². The van der Waals surface area contributed by atoms with Gasteiger partial charge in [-0.2, -0.15) is 0 Å². The van der Waals surface area contributed by atoms with E-state index >= 15 is 0 Å². The molecule has 0 fully saturated rings. The molecule has 0 unspecified atom stereocenters. The van der Waals surface area contributed by atoms with E-state index < -0.39 is 0 Å². The van der Waals surface area contributed by atoms with Crippen molar-refractivity contribution in [2.24, 2.45) is 11.8 Å². The first-order valence-electron chi connectivity index (χ1n) is 4.70. The van der Waals surface area contributed by atoms with Crippen LogP contribution in [-0.2, 0) is 12.8 Å². The number of hydrogen-bond acceptors (Lipinski definition) is 1. The second kappa shape index (κ2) is 2.89. The number of nitrogens with zero attached hydrogens (tertiary/aromatic N) is 1. The van der Waals surface area contributed by atoms with Crippen LogP contribution in [-0.4, -0.2) is 4.98 Å². The average molecular weight is 161 g/mol. The summed E-state index contributed by atoms with van der Waals surface area (Å²) in [6, 6.07) is 4.26. The monoisotopic (exact) mass is 161 g/mol. The Morgan fingerprint density at radius 1 is 1.25 bits per heavy atom. The van der Waals surface area contributed by atoms with Gasteiger partial charge >= 0.3 is 0 Å². The second-order valence-corrected chi connectivity index (χ2v) is 3.97. The molecule has 1 aliphatic carbocycles. The lowest BCUT2D eigenvalue weighted by Gasteiger charge is -2.26. The Labute approximate surface area is 73.8 Å². The highest BCUT2D eigenvalue weighted by Crippen LogP contribution is 2.27. The van der Waals surface area contributed by atoms with E-state index in [4.69, 9.17) is 0 Å². The number of hydrogen-bond donors (Lipinski definition) is 0. The van der Waals surface area contributed by atoms with Crippen LogP contribution in [0.5, 0.6) is 0 Å². The third-order valence-electron chi connectivity index (χ3n) is 3.01. The van der Waals surface area contributed by atoms with Crippen LogP contribution in [0.2, 0.25) is 0 Å². The maximum atomic E-state index is 4.40. The Bertz CT molecular complexity index is 251. The molecule has 0 spiro atoms. The fraction of sp³-hybridized carbons (Fsp3) is 0.545. The summed E-state index contributed by atoms with van der Waals surface area (Å²) in [5, 5.41) is 0. The summed E-state index contributed by atoms with van der Waals surface area (Å²) in [7, 11) is 0. The van der Waals surface area contributed by atoms with Crippen molar-refractivity contribution in [1.29, 1.82) is 0 Å². The van der Waals surface area contributed by atoms with Gasteiger partial charge < -0.3 is 0 Å². The molecule has 0 saturated carbocycles. The quantitative estimate of drug-likeness (QED) is 0.569. The van der Waals surface area contributed by atoms with E-state index in [1.807, 2.05) is 12.3 Å². The van der Waals surface area contributed by atoms with Gasteiger partial charge in [-0.1, -0.05) is 19.9 Å². The zero-order valence-corrected chi connectivity index (χ0v) is 7.75. The molecule has 1 aromatic rings. The van der Waals surface area contributed by atoms with E-state index in [1.165, 1.54) is 17.7 Å². The van der Waals surface area contributed by atoms with Gasteiger partial charge in [0.1, 0.15) is 0 Å². The highest BCUT2D eigenvalue weighted by Gasteiger charge is 2.21. The molecule has 0 bridgehead atoms. The van der Waals surface area contributed by atoms with Crippen LogP contribution < -0.4 is 0 Å². The van der Waals surface area contributed by atoms with Crippen molar-refractivity contribution in [3.05, 3.63) is 29.6 Å². The predicted molar refractivity (Wildman–Crippen MR) is 50.0 cm³/mol. The molecule has 2 atom stereocenters. The Kier molecular flexibility index (Phi) is 1.87. The molecule has 1 aromatic heterocycles. The molecule has 1 heterocycles. The summed E-state index contributed by atoms with van der Waals surface area (Å²) in [6.07, 6.45) is 4.28. The lowest BCUT2D eigenvalue weighted by atomic mass is 9.80. The Morgan fingerprint density at radius 3 is 2.83 bits per heavy atom. The Balaban J connectivity index is 2.34. The normalized spacial score (nSPS) is 28.2. The standard InChI is InChI=1S/C11H15N/c1-8-6-10-4-3-5-12-11(10)7-9(8)2/h3-5,8-9H,6-7H2,1-2H3/t8-,9-/m0/s1. The largest absolute Gasteiger partial charge is 0.261 e. The van der Waals surface area contributed by atoms with Gasteiger partial charge in [-0.15, -0.1) is 0 Å². The van der Waals surface area contributed by atoms with Crippen molar-refractivity contribution in [1.82, 2.24) is 4.98 Å². The molecule has 2 rings (SSSR count). The van der Waals surface area contributed by atoms with Gasteiger partial charge in [-0.05, 0) is 36.3 Å². The molecule has 0 N–H and O–H groups in total.